The number of alkyl halides is 3. The van der Waals surface area contributed by atoms with Gasteiger partial charge in [0.25, 0.3) is 0 Å². The van der Waals surface area contributed by atoms with E-state index in [-0.39, 0.29) is 5.82 Å². The number of hydrogen-bond donors (Lipinski definition) is 0. The first-order valence-corrected chi connectivity index (χ1v) is 11.7. The van der Waals surface area contributed by atoms with Crippen molar-refractivity contribution in [2.45, 2.75) is 32.5 Å². The summed E-state index contributed by atoms with van der Waals surface area (Å²) < 4.78 is 46.3. The fourth-order valence-corrected chi connectivity index (χ4v) is 4.40. The normalized spacial score (nSPS) is 13.6. The summed E-state index contributed by atoms with van der Waals surface area (Å²) in [6.45, 7) is 6.04. The summed E-state index contributed by atoms with van der Waals surface area (Å²) in [5, 5.41) is 0. The lowest BCUT2D eigenvalue weighted by Crippen LogP contribution is -2.33. The first-order valence-electron chi connectivity index (χ1n) is 11.7. The highest BCUT2D eigenvalue weighted by Gasteiger charge is 2.34. The molecular formula is C27H26F3N5O. The summed E-state index contributed by atoms with van der Waals surface area (Å²) in [6.07, 6.45) is -1.75. The number of imidazole rings is 1. The summed E-state index contributed by atoms with van der Waals surface area (Å²) in [5.41, 5.74) is 2.90. The Bertz CT molecular complexity index is 1380. The predicted octanol–water partition coefficient (Wildman–Crippen LogP) is 6.09. The molecule has 0 unspecified atom stereocenters. The molecule has 0 bridgehead atoms. The van der Waals surface area contributed by atoms with Crippen LogP contribution in [0.15, 0.2) is 60.9 Å². The standard InChI is InChI=1S/C27H26F3N5O/c1-17(2)20-6-4-5-7-21(20)24-31-14-22-26(33-24)35(12-13-36-22)15-18-8-10-19(11-9-18)25-32-23(16-34(25)3)27(28,29)30/h4-11,14,16-17H,12-13,15H2,1-3H3. The van der Waals surface area contributed by atoms with Gasteiger partial charge < -0.3 is 14.2 Å². The molecule has 0 fully saturated rings. The van der Waals surface area contributed by atoms with E-state index in [0.29, 0.717) is 42.8 Å². The monoisotopic (exact) mass is 493 g/mol. The number of ether oxygens (including phenoxy) is 1. The Kier molecular flexibility index (Phi) is 6.15. The molecule has 9 heteroatoms. The summed E-state index contributed by atoms with van der Waals surface area (Å²) in [5.74, 6) is 2.62. The van der Waals surface area contributed by atoms with Crippen LogP contribution in [0.2, 0.25) is 0 Å². The maximum atomic E-state index is 13.0. The molecule has 0 spiro atoms. The minimum Gasteiger partial charge on any atom is -0.486 e. The van der Waals surface area contributed by atoms with Gasteiger partial charge in [0.05, 0.1) is 12.7 Å². The minimum atomic E-state index is -4.48. The first-order chi connectivity index (χ1) is 17.2. The molecule has 4 aromatic rings. The Morgan fingerprint density at radius 3 is 2.47 bits per heavy atom. The maximum absolute atomic E-state index is 13.0. The van der Waals surface area contributed by atoms with Crippen LogP contribution in [0, 0.1) is 0 Å². The molecule has 1 aliphatic rings. The minimum absolute atomic E-state index is 0.270. The zero-order valence-electron chi connectivity index (χ0n) is 20.3. The van der Waals surface area contributed by atoms with Crippen molar-refractivity contribution in [1.29, 1.82) is 0 Å². The zero-order chi connectivity index (χ0) is 25.4. The van der Waals surface area contributed by atoms with Crippen LogP contribution in [0.25, 0.3) is 22.8 Å². The van der Waals surface area contributed by atoms with Crippen molar-refractivity contribution in [3.63, 3.8) is 0 Å². The van der Waals surface area contributed by atoms with Crippen LogP contribution in [0.4, 0.5) is 19.0 Å². The van der Waals surface area contributed by atoms with Crippen LogP contribution in [-0.4, -0.2) is 32.7 Å². The predicted molar refractivity (Wildman–Crippen MR) is 132 cm³/mol. The fourth-order valence-electron chi connectivity index (χ4n) is 4.40. The van der Waals surface area contributed by atoms with Gasteiger partial charge in [-0.15, -0.1) is 0 Å². The lowest BCUT2D eigenvalue weighted by atomic mass is 9.97. The van der Waals surface area contributed by atoms with Crippen LogP contribution in [-0.2, 0) is 19.8 Å². The van der Waals surface area contributed by atoms with Crippen molar-refractivity contribution < 1.29 is 17.9 Å². The second kappa shape index (κ2) is 9.29. The highest BCUT2D eigenvalue weighted by molar-refractivity contribution is 5.65. The average molecular weight is 494 g/mol. The van der Waals surface area contributed by atoms with Crippen molar-refractivity contribution in [3.05, 3.63) is 77.7 Å². The molecule has 3 heterocycles. The quantitative estimate of drug-likeness (QED) is 0.337. The van der Waals surface area contributed by atoms with Gasteiger partial charge >= 0.3 is 6.18 Å². The van der Waals surface area contributed by atoms with Crippen LogP contribution in [0.5, 0.6) is 5.75 Å². The first kappa shape index (κ1) is 23.8. The molecule has 0 saturated carbocycles. The third kappa shape index (κ3) is 4.65. The Morgan fingerprint density at radius 1 is 1.03 bits per heavy atom. The number of rotatable bonds is 5. The second-order valence-electron chi connectivity index (χ2n) is 9.15. The van der Waals surface area contributed by atoms with E-state index in [4.69, 9.17) is 9.72 Å². The van der Waals surface area contributed by atoms with Crippen molar-refractivity contribution in [1.82, 2.24) is 19.5 Å². The molecule has 6 nitrogen and oxygen atoms in total. The van der Waals surface area contributed by atoms with E-state index < -0.39 is 11.9 Å². The lowest BCUT2D eigenvalue weighted by molar-refractivity contribution is -0.140. The molecule has 0 atom stereocenters. The number of hydrogen-bond acceptors (Lipinski definition) is 5. The molecule has 36 heavy (non-hydrogen) atoms. The molecule has 0 saturated heterocycles. The Hall–Kier alpha value is -3.88. The Labute approximate surface area is 207 Å². The van der Waals surface area contributed by atoms with Gasteiger partial charge in [-0.25, -0.2) is 15.0 Å². The van der Waals surface area contributed by atoms with Crippen molar-refractivity contribution in [3.8, 4) is 28.5 Å². The van der Waals surface area contributed by atoms with E-state index in [9.17, 15) is 13.2 Å². The molecular weight excluding hydrogens is 467 g/mol. The van der Waals surface area contributed by atoms with Gasteiger partial charge in [-0.2, -0.15) is 13.2 Å². The van der Waals surface area contributed by atoms with E-state index in [1.54, 1.807) is 25.4 Å². The van der Waals surface area contributed by atoms with Crippen LogP contribution < -0.4 is 9.64 Å². The van der Waals surface area contributed by atoms with E-state index in [1.165, 1.54) is 10.1 Å². The lowest BCUT2D eigenvalue weighted by Gasteiger charge is -2.30. The van der Waals surface area contributed by atoms with Gasteiger partial charge in [0.15, 0.2) is 23.1 Å². The largest absolute Gasteiger partial charge is 0.486 e. The number of anilines is 1. The van der Waals surface area contributed by atoms with Crippen molar-refractivity contribution in [2.75, 3.05) is 18.1 Å². The van der Waals surface area contributed by atoms with Crippen LogP contribution in [0.1, 0.15) is 36.6 Å². The Morgan fingerprint density at radius 2 is 1.78 bits per heavy atom. The van der Waals surface area contributed by atoms with Gasteiger partial charge in [-0.1, -0.05) is 62.4 Å². The van der Waals surface area contributed by atoms with Gasteiger partial charge in [0.2, 0.25) is 0 Å². The van der Waals surface area contributed by atoms with Gasteiger partial charge in [0, 0.05) is 30.9 Å². The van der Waals surface area contributed by atoms with Gasteiger partial charge in [0.1, 0.15) is 12.4 Å². The smallest absolute Gasteiger partial charge is 0.434 e. The third-order valence-corrected chi connectivity index (χ3v) is 6.23. The van der Waals surface area contributed by atoms with E-state index >= 15 is 0 Å². The summed E-state index contributed by atoms with van der Waals surface area (Å²) in [4.78, 5) is 15.4. The fraction of sp³-hybridized carbons (Fsp3) is 0.296. The topological polar surface area (TPSA) is 56.1 Å². The second-order valence-corrected chi connectivity index (χ2v) is 9.15. The third-order valence-electron chi connectivity index (χ3n) is 6.23. The maximum Gasteiger partial charge on any atom is 0.434 e. The molecule has 1 aliphatic heterocycles. The van der Waals surface area contributed by atoms with E-state index in [2.05, 4.69) is 34.8 Å². The molecule has 2 aromatic carbocycles. The van der Waals surface area contributed by atoms with Crippen LogP contribution >= 0.6 is 0 Å². The van der Waals surface area contributed by atoms with Gasteiger partial charge in [-0.05, 0) is 17.0 Å². The Balaban J connectivity index is 1.41. The summed E-state index contributed by atoms with van der Waals surface area (Å²) >= 11 is 0. The molecule has 0 aliphatic carbocycles. The molecule has 186 valence electrons. The molecule has 0 radical (unpaired) electrons. The summed E-state index contributed by atoms with van der Waals surface area (Å²) in [7, 11) is 1.56. The zero-order valence-corrected chi connectivity index (χ0v) is 20.3. The summed E-state index contributed by atoms with van der Waals surface area (Å²) in [6, 6.07) is 15.5. The molecule has 0 amide bonds. The van der Waals surface area contributed by atoms with Gasteiger partial charge in [-0.3, -0.25) is 0 Å². The van der Waals surface area contributed by atoms with Crippen molar-refractivity contribution in [2.24, 2.45) is 7.05 Å². The highest BCUT2D eigenvalue weighted by atomic mass is 19.4. The number of fused-ring (bicyclic) bond motifs is 1. The highest BCUT2D eigenvalue weighted by Crippen LogP contribution is 2.35. The molecule has 5 rings (SSSR count). The van der Waals surface area contributed by atoms with Crippen LogP contribution in [0.3, 0.4) is 0 Å². The number of halogens is 3. The number of aryl methyl sites for hydroxylation is 1. The molecule has 0 N–H and O–H groups in total. The number of nitrogens with zero attached hydrogens (tertiary/aromatic N) is 5. The van der Waals surface area contributed by atoms with Crippen molar-refractivity contribution >= 4 is 5.82 Å². The van der Waals surface area contributed by atoms with E-state index in [0.717, 1.165) is 23.1 Å². The number of aromatic nitrogens is 4. The number of benzene rings is 2. The molecule has 2 aromatic heterocycles. The SMILES string of the molecule is CC(C)c1ccccc1-c1ncc2c(n1)N(Cc1ccc(-c3nc(C(F)(F)F)cn3C)cc1)CCO2. The van der Waals surface area contributed by atoms with E-state index in [1.807, 2.05) is 30.3 Å². The average Bonchev–Trinajstić information content (AvgIpc) is 3.26.